The average molecular weight is 261 g/mol. The number of hydrogen-bond acceptors (Lipinski definition) is 3. The largest absolute Gasteiger partial charge is 0.480 e. The van der Waals surface area contributed by atoms with E-state index < -0.39 is 17.9 Å². The summed E-state index contributed by atoms with van der Waals surface area (Å²) in [6, 6.07) is 6.18. The summed E-state index contributed by atoms with van der Waals surface area (Å²) in [5.74, 6) is -1.67. The predicted octanol–water partition coefficient (Wildman–Crippen LogP) is 1.40. The standard InChI is InChI=1S/C14H15NO4/c1-2-10(16)8-13(17)15-11-6-4-3-5-9(11)7-12(15)14(18)19/h3-6,12H,2,7-8H2,1H3,(H,18,19). The Labute approximate surface area is 110 Å². The third kappa shape index (κ3) is 2.50. The number of para-hydroxylation sites is 1. The van der Waals surface area contributed by atoms with Crippen LogP contribution < -0.4 is 4.90 Å². The molecular formula is C14H15NO4. The van der Waals surface area contributed by atoms with Crippen LogP contribution in [0, 0.1) is 0 Å². The number of carbonyl (C=O) groups excluding carboxylic acids is 2. The van der Waals surface area contributed by atoms with Gasteiger partial charge in [-0.3, -0.25) is 14.5 Å². The van der Waals surface area contributed by atoms with E-state index in [9.17, 15) is 19.5 Å². The number of hydrogen-bond donors (Lipinski definition) is 1. The molecule has 5 heteroatoms. The van der Waals surface area contributed by atoms with Gasteiger partial charge < -0.3 is 5.11 Å². The van der Waals surface area contributed by atoms with Crippen LogP contribution in [0.3, 0.4) is 0 Å². The first kappa shape index (κ1) is 13.3. The van der Waals surface area contributed by atoms with Crippen molar-refractivity contribution in [2.45, 2.75) is 32.2 Å². The molecule has 1 atom stereocenters. The molecule has 0 saturated carbocycles. The minimum atomic E-state index is -1.05. The summed E-state index contributed by atoms with van der Waals surface area (Å²) >= 11 is 0. The highest BCUT2D eigenvalue weighted by molar-refractivity contribution is 6.09. The molecule has 1 amide bonds. The predicted molar refractivity (Wildman–Crippen MR) is 69.0 cm³/mol. The van der Waals surface area contributed by atoms with Gasteiger partial charge in [-0.25, -0.2) is 4.79 Å². The van der Waals surface area contributed by atoms with E-state index in [0.29, 0.717) is 5.69 Å². The zero-order valence-corrected chi connectivity index (χ0v) is 10.6. The summed E-state index contributed by atoms with van der Waals surface area (Å²) in [6.07, 6.45) is 0.325. The molecule has 100 valence electrons. The topological polar surface area (TPSA) is 74.7 Å². The van der Waals surface area contributed by atoms with E-state index in [1.165, 1.54) is 4.90 Å². The molecule has 1 unspecified atom stereocenters. The number of carbonyl (C=O) groups is 3. The summed E-state index contributed by atoms with van der Waals surface area (Å²) in [5.41, 5.74) is 1.43. The second-order valence-corrected chi connectivity index (χ2v) is 4.52. The van der Waals surface area contributed by atoms with Gasteiger partial charge in [-0.15, -0.1) is 0 Å². The fourth-order valence-corrected chi connectivity index (χ4v) is 2.27. The molecule has 19 heavy (non-hydrogen) atoms. The summed E-state index contributed by atoms with van der Waals surface area (Å²) < 4.78 is 0. The van der Waals surface area contributed by atoms with Crippen molar-refractivity contribution >= 4 is 23.3 Å². The highest BCUT2D eigenvalue weighted by Crippen LogP contribution is 2.32. The lowest BCUT2D eigenvalue weighted by atomic mass is 10.1. The molecule has 5 nitrogen and oxygen atoms in total. The van der Waals surface area contributed by atoms with Crippen molar-refractivity contribution < 1.29 is 19.5 Å². The van der Waals surface area contributed by atoms with Crippen LogP contribution in [0.25, 0.3) is 0 Å². The van der Waals surface area contributed by atoms with Crippen molar-refractivity contribution in [2.24, 2.45) is 0 Å². The number of anilines is 1. The molecule has 1 aromatic rings. The molecule has 2 rings (SSSR count). The van der Waals surface area contributed by atoms with E-state index >= 15 is 0 Å². The number of Topliss-reactive ketones (excluding diaryl/α,β-unsaturated/α-hetero) is 1. The van der Waals surface area contributed by atoms with Crippen LogP contribution in [0.4, 0.5) is 5.69 Å². The number of amides is 1. The number of nitrogens with zero attached hydrogens (tertiary/aromatic N) is 1. The van der Waals surface area contributed by atoms with Crippen molar-refractivity contribution in [3.8, 4) is 0 Å². The quantitative estimate of drug-likeness (QED) is 0.831. The van der Waals surface area contributed by atoms with Crippen molar-refractivity contribution in [3.63, 3.8) is 0 Å². The van der Waals surface area contributed by atoms with Gasteiger partial charge in [0.15, 0.2) is 0 Å². The average Bonchev–Trinajstić information content (AvgIpc) is 2.78. The number of aliphatic carboxylic acids is 1. The number of carboxylic acids is 1. The van der Waals surface area contributed by atoms with E-state index in [1.807, 2.05) is 6.07 Å². The molecule has 0 aliphatic carbocycles. The van der Waals surface area contributed by atoms with Gasteiger partial charge in [-0.2, -0.15) is 0 Å². The van der Waals surface area contributed by atoms with E-state index in [2.05, 4.69) is 0 Å². The molecular weight excluding hydrogens is 246 g/mol. The maximum absolute atomic E-state index is 12.1. The number of benzene rings is 1. The van der Waals surface area contributed by atoms with Crippen molar-refractivity contribution in [1.29, 1.82) is 0 Å². The molecule has 0 fully saturated rings. The normalized spacial score (nSPS) is 17.1. The third-order valence-corrected chi connectivity index (χ3v) is 3.27. The molecule has 1 aliphatic heterocycles. The Hall–Kier alpha value is -2.17. The first-order chi connectivity index (χ1) is 9.04. The monoisotopic (exact) mass is 261 g/mol. The molecule has 1 aliphatic rings. The molecule has 1 N–H and O–H groups in total. The zero-order valence-electron chi connectivity index (χ0n) is 10.6. The summed E-state index contributed by atoms with van der Waals surface area (Å²) in [7, 11) is 0. The van der Waals surface area contributed by atoms with Crippen LogP contribution in [0.5, 0.6) is 0 Å². The molecule has 0 bridgehead atoms. The second-order valence-electron chi connectivity index (χ2n) is 4.52. The smallest absolute Gasteiger partial charge is 0.327 e. The lowest BCUT2D eigenvalue weighted by Crippen LogP contribution is -2.43. The first-order valence-electron chi connectivity index (χ1n) is 6.19. The second kappa shape index (κ2) is 5.22. The van der Waals surface area contributed by atoms with Crippen LogP contribution in [0.2, 0.25) is 0 Å². The van der Waals surface area contributed by atoms with Crippen LogP contribution in [0.15, 0.2) is 24.3 Å². The maximum atomic E-state index is 12.1. The Kier molecular flexibility index (Phi) is 3.64. The molecule has 0 radical (unpaired) electrons. The Morgan fingerprint density at radius 3 is 2.63 bits per heavy atom. The van der Waals surface area contributed by atoms with Crippen molar-refractivity contribution in [3.05, 3.63) is 29.8 Å². The Balaban J connectivity index is 2.31. The van der Waals surface area contributed by atoms with E-state index in [0.717, 1.165) is 5.56 Å². The van der Waals surface area contributed by atoms with Gasteiger partial charge in [-0.05, 0) is 11.6 Å². The van der Waals surface area contributed by atoms with Gasteiger partial charge in [-0.1, -0.05) is 25.1 Å². The summed E-state index contributed by atoms with van der Waals surface area (Å²) in [4.78, 5) is 36.0. The maximum Gasteiger partial charge on any atom is 0.327 e. The van der Waals surface area contributed by atoms with Crippen LogP contribution in [-0.2, 0) is 20.8 Å². The molecule has 1 heterocycles. The number of carboxylic acid groups (broad SMARTS) is 1. The Bertz CT molecular complexity index is 538. The van der Waals surface area contributed by atoms with Gasteiger partial charge in [0, 0.05) is 18.5 Å². The molecule has 0 aromatic heterocycles. The van der Waals surface area contributed by atoms with Gasteiger partial charge in [0.1, 0.15) is 11.8 Å². The minimum absolute atomic E-state index is 0.182. The molecule has 0 saturated heterocycles. The number of ketones is 1. The third-order valence-electron chi connectivity index (χ3n) is 3.27. The van der Waals surface area contributed by atoms with Gasteiger partial charge in [0.05, 0.1) is 6.42 Å². The SMILES string of the molecule is CCC(=O)CC(=O)N1c2ccccc2CC1C(=O)O. The zero-order chi connectivity index (χ0) is 14.0. The first-order valence-corrected chi connectivity index (χ1v) is 6.19. The lowest BCUT2D eigenvalue weighted by molar-refractivity contribution is -0.140. The fourth-order valence-electron chi connectivity index (χ4n) is 2.27. The highest BCUT2D eigenvalue weighted by atomic mass is 16.4. The number of fused-ring (bicyclic) bond motifs is 1. The van der Waals surface area contributed by atoms with Crippen molar-refractivity contribution in [1.82, 2.24) is 0 Å². The van der Waals surface area contributed by atoms with Gasteiger partial charge in [0.2, 0.25) is 5.91 Å². The summed E-state index contributed by atoms with van der Waals surface area (Å²) in [6.45, 7) is 1.68. The summed E-state index contributed by atoms with van der Waals surface area (Å²) in [5, 5.41) is 9.22. The fraction of sp³-hybridized carbons (Fsp3) is 0.357. The number of rotatable bonds is 4. The van der Waals surface area contributed by atoms with E-state index in [1.54, 1.807) is 25.1 Å². The lowest BCUT2D eigenvalue weighted by Gasteiger charge is -2.22. The van der Waals surface area contributed by atoms with E-state index in [4.69, 9.17) is 0 Å². The highest BCUT2D eigenvalue weighted by Gasteiger charge is 2.38. The van der Waals surface area contributed by atoms with Crippen molar-refractivity contribution in [2.75, 3.05) is 4.90 Å². The molecule has 0 spiro atoms. The molecule has 1 aromatic carbocycles. The van der Waals surface area contributed by atoms with Crippen LogP contribution in [0.1, 0.15) is 25.3 Å². The minimum Gasteiger partial charge on any atom is -0.480 e. The Morgan fingerprint density at radius 1 is 1.32 bits per heavy atom. The van der Waals surface area contributed by atoms with Gasteiger partial charge in [0.25, 0.3) is 0 Å². The van der Waals surface area contributed by atoms with Crippen LogP contribution >= 0.6 is 0 Å². The Morgan fingerprint density at radius 2 is 2.00 bits per heavy atom. The van der Waals surface area contributed by atoms with Gasteiger partial charge >= 0.3 is 5.97 Å². The van der Waals surface area contributed by atoms with Crippen LogP contribution in [-0.4, -0.2) is 28.8 Å². The van der Waals surface area contributed by atoms with E-state index in [-0.39, 0.29) is 25.0 Å².